The molecule has 0 radical (unpaired) electrons. The zero-order chi connectivity index (χ0) is 15.6. The first-order valence-corrected chi connectivity index (χ1v) is 9.36. The third-order valence-corrected chi connectivity index (χ3v) is 5.07. The predicted molar refractivity (Wildman–Crippen MR) is 93.5 cm³/mol. The summed E-state index contributed by atoms with van der Waals surface area (Å²) in [5, 5.41) is 2.47. The highest BCUT2D eigenvalue weighted by Gasteiger charge is 2.29. The Labute approximate surface area is 135 Å². The molecule has 0 spiro atoms. The topological polar surface area (TPSA) is 79.7 Å². The molecule has 0 aromatic rings. The van der Waals surface area contributed by atoms with E-state index in [0.717, 1.165) is 25.9 Å². The third-order valence-electron chi connectivity index (χ3n) is 5.07. The number of rotatable bonds is 7. The Kier molecular flexibility index (Phi) is 8.02. The molecule has 0 atom stereocenters. The molecule has 0 aliphatic heterocycles. The standard InChI is InChI=1S/C17H35N5/c18-13-7-8-14-20-17(19)21-22(15-9-3-1-4-10-15)16-11-5-2-6-12-16/h15-16H,1-14,18H2,(H3,19,20,21). The fraction of sp³-hybridized carbons (Fsp3) is 0.941. The fourth-order valence-electron chi connectivity index (χ4n) is 3.82. The van der Waals surface area contributed by atoms with Crippen molar-refractivity contribution in [2.24, 2.45) is 16.5 Å². The molecule has 2 saturated carbocycles. The van der Waals surface area contributed by atoms with E-state index < -0.39 is 0 Å². The average molecular weight is 310 g/mol. The number of hydrazine groups is 1. The Morgan fingerprint density at radius 1 is 0.909 bits per heavy atom. The van der Waals surface area contributed by atoms with Crippen LogP contribution in [0.15, 0.2) is 4.99 Å². The molecule has 0 bridgehead atoms. The van der Waals surface area contributed by atoms with Crippen LogP contribution in [0.2, 0.25) is 0 Å². The van der Waals surface area contributed by atoms with Gasteiger partial charge in [-0.1, -0.05) is 38.5 Å². The van der Waals surface area contributed by atoms with Crippen molar-refractivity contribution in [2.75, 3.05) is 13.1 Å². The van der Waals surface area contributed by atoms with Crippen molar-refractivity contribution < 1.29 is 0 Å². The molecule has 2 aliphatic carbocycles. The van der Waals surface area contributed by atoms with Gasteiger partial charge in [0.2, 0.25) is 5.96 Å². The van der Waals surface area contributed by atoms with Crippen molar-refractivity contribution in [2.45, 2.75) is 89.1 Å². The summed E-state index contributed by atoms with van der Waals surface area (Å²) in [7, 11) is 0. The van der Waals surface area contributed by atoms with Gasteiger partial charge in [-0.25, -0.2) is 5.01 Å². The minimum atomic E-state index is 0.591. The van der Waals surface area contributed by atoms with Gasteiger partial charge in [-0.15, -0.1) is 0 Å². The molecule has 5 heteroatoms. The molecule has 0 saturated heterocycles. The van der Waals surface area contributed by atoms with Crippen molar-refractivity contribution in [3.05, 3.63) is 0 Å². The molecule has 5 nitrogen and oxygen atoms in total. The van der Waals surface area contributed by atoms with E-state index in [1.165, 1.54) is 64.2 Å². The SMILES string of the molecule is NCCCCN=C(N)NN(C1CCCCC1)C1CCCCC1. The van der Waals surface area contributed by atoms with E-state index in [9.17, 15) is 0 Å². The van der Waals surface area contributed by atoms with Crippen LogP contribution >= 0.6 is 0 Å². The van der Waals surface area contributed by atoms with Gasteiger partial charge >= 0.3 is 0 Å². The highest BCUT2D eigenvalue weighted by molar-refractivity contribution is 5.77. The molecule has 128 valence electrons. The number of aliphatic imine (C=N–C) groups is 1. The van der Waals surface area contributed by atoms with Crippen LogP contribution in [0.25, 0.3) is 0 Å². The molecular formula is C17H35N5. The van der Waals surface area contributed by atoms with Gasteiger partial charge in [0.05, 0.1) is 0 Å². The van der Waals surface area contributed by atoms with E-state index in [-0.39, 0.29) is 0 Å². The zero-order valence-corrected chi connectivity index (χ0v) is 14.1. The number of hydrogen-bond acceptors (Lipinski definition) is 3. The molecule has 0 heterocycles. The largest absolute Gasteiger partial charge is 0.369 e. The van der Waals surface area contributed by atoms with Gasteiger partial charge in [0.1, 0.15) is 0 Å². The number of nitrogens with zero attached hydrogens (tertiary/aromatic N) is 2. The van der Waals surface area contributed by atoms with Crippen molar-refractivity contribution in [3.8, 4) is 0 Å². The molecule has 22 heavy (non-hydrogen) atoms. The Hall–Kier alpha value is -0.810. The molecule has 2 aliphatic rings. The number of nitrogens with one attached hydrogen (secondary N) is 1. The van der Waals surface area contributed by atoms with Gasteiger partial charge in [0.15, 0.2) is 0 Å². The molecule has 0 aromatic heterocycles. The Bertz CT molecular complexity index is 301. The van der Waals surface area contributed by atoms with Crippen molar-refractivity contribution >= 4 is 5.96 Å². The minimum absolute atomic E-state index is 0.591. The first kappa shape index (κ1) is 17.5. The number of unbranched alkanes of at least 4 members (excludes halogenated alkanes) is 1. The lowest BCUT2D eigenvalue weighted by Gasteiger charge is -2.41. The maximum atomic E-state index is 6.14. The van der Waals surface area contributed by atoms with E-state index in [2.05, 4.69) is 15.4 Å². The lowest BCUT2D eigenvalue weighted by Crippen LogP contribution is -2.56. The fourth-order valence-corrected chi connectivity index (χ4v) is 3.82. The quantitative estimate of drug-likeness (QED) is 0.292. The lowest BCUT2D eigenvalue weighted by molar-refractivity contribution is 0.0533. The molecular weight excluding hydrogens is 274 g/mol. The van der Waals surface area contributed by atoms with Crippen LogP contribution in [0.1, 0.15) is 77.0 Å². The van der Waals surface area contributed by atoms with Crippen molar-refractivity contribution in [1.82, 2.24) is 10.4 Å². The zero-order valence-electron chi connectivity index (χ0n) is 14.1. The van der Waals surface area contributed by atoms with Crippen molar-refractivity contribution in [3.63, 3.8) is 0 Å². The molecule has 2 fully saturated rings. The van der Waals surface area contributed by atoms with Gasteiger partial charge in [-0.05, 0) is 45.1 Å². The lowest BCUT2D eigenvalue weighted by atomic mass is 9.90. The summed E-state index contributed by atoms with van der Waals surface area (Å²) in [6, 6.07) is 1.27. The summed E-state index contributed by atoms with van der Waals surface area (Å²) in [4.78, 5) is 4.48. The normalized spacial score (nSPS) is 22.2. The molecule has 5 N–H and O–H groups in total. The van der Waals surface area contributed by atoms with Crippen LogP contribution in [0.3, 0.4) is 0 Å². The van der Waals surface area contributed by atoms with Gasteiger partial charge in [-0.2, -0.15) is 0 Å². The van der Waals surface area contributed by atoms with E-state index in [1.807, 2.05) is 0 Å². The Balaban J connectivity index is 1.90. The van der Waals surface area contributed by atoms with Crippen LogP contribution in [0, 0.1) is 0 Å². The maximum absolute atomic E-state index is 6.14. The van der Waals surface area contributed by atoms with Crippen molar-refractivity contribution in [1.29, 1.82) is 0 Å². The van der Waals surface area contributed by atoms with E-state index in [0.29, 0.717) is 18.0 Å². The molecule has 0 amide bonds. The summed E-state index contributed by atoms with van der Waals surface area (Å²) in [5.74, 6) is 0.591. The van der Waals surface area contributed by atoms with Gasteiger partial charge in [-0.3, -0.25) is 10.4 Å². The van der Waals surface area contributed by atoms with E-state index in [1.54, 1.807) is 0 Å². The number of guanidine groups is 1. The summed E-state index contributed by atoms with van der Waals surface area (Å²) in [6.07, 6.45) is 15.4. The van der Waals surface area contributed by atoms with Gasteiger partial charge < -0.3 is 11.5 Å². The summed E-state index contributed by atoms with van der Waals surface area (Å²) < 4.78 is 0. The van der Waals surface area contributed by atoms with Crippen LogP contribution in [0.5, 0.6) is 0 Å². The average Bonchev–Trinajstić information content (AvgIpc) is 2.58. The van der Waals surface area contributed by atoms with Crippen LogP contribution < -0.4 is 16.9 Å². The first-order valence-electron chi connectivity index (χ1n) is 9.36. The maximum Gasteiger partial charge on any atom is 0.203 e. The van der Waals surface area contributed by atoms with Crippen LogP contribution in [0.4, 0.5) is 0 Å². The van der Waals surface area contributed by atoms with Gasteiger partial charge in [0.25, 0.3) is 0 Å². The van der Waals surface area contributed by atoms with E-state index in [4.69, 9.17) is 11.5 Å². The summed E-state index contributed by atoms with van der Waals surface area (Å²) in [6.45, 7) is 1.51. The Morgan fingerprint density at radius 3 is 1.95 bits per heavy atom. The van der Waals surface area contributed by atoms with Gasteiger partial charge in [0, 0.05) is 18.6 Å². The summed E-state index contributed by atoms with van der Waals surface area (Å²) in [5.41, 5.74) is 15.1. The highest BCUT2D eigenvalue weighted by atomic mass is 15.6. The number of nitrogens with two attached hydrogens (primary N) is 2. The van der Waals surface area contributed by atoms with Crippen LogP contribution in [-0.4, -0.2) is 36.1 Å². The first-order chi connectivity index (χ1) is 10.8. The Morgan fingerprint density at radius 2 is 1.45 bits per heavy atom. The second kappa shape index (κ2) is 10.1. The van der Waals surface area contributed by atoms with Crippen LogP contribution in [-0.2, 0) is 0 Å². The predicted octanol–water partition coefficient (Wildman–Crippen LogP) is 2.51. The molecule has 0 aromatic carbocycles. The second-order valence-electron chi connectivity index (χ2n) is 6.87. The molecule has 0 unspecified atom stereocenters. The minimum Gasteiger partial charge on any atom is -0.369 e. The smallest absolute Gasteiger partial charge is 0.203 e. The number of hydrogen-bond donors (Lipinski definition) is 3. The monoisotopic (exact) mass is 309 g/mol. The highest BCUT2D eigenvalue weighted by Crippen LogP contribution is 2.28. The second-order valence-corrected chi connectivity index (χ2v) is 6.87. The summed E-state index contributed by atoms with van der Waals surface area (Å²) >= 11 is 0. The third kappa shape index (κ3) is 5.76. The molecule has 2 rings (SSSR count). The van der Waals surface area contributed by atoms with E-state index >= 15 is 0 Å².